The molecule has 0 unspecified atom stereocenters. The lowest BCUT2D eigenvalue weighted by atomic mass is 10.2. The van der Waals surface area contributed by atoms with Gasteiger partial charge >= 0.3 is 0 Å². The molecular formula is C13H13Br2NO2S2. The van der Waals surface area contributed by atoms with Gasteiger partial charge in [-0.15, -0.1) is 11.3 Å². The van der Waals surface area contributed by atoms with E-state index < -0.39 is 10.0 Å². The fourth-order valence-electron chi connectivity index (χ4n) is 1.81. The summed E-state index contributed by atoms with van der Waals surface area (Å²) < 4.78 is 28.3. The number of nitrogens with zero attached hydrogens (tertiary/aromatic N) is 1. The zero-order chi connectivity index (χ0) is 14.9. The van der Waals surface area contributed by atoms with Crippen molar-refractivity contribution in [1.29, 1.82) is 0 Å². The normalized spacial score (nSPS) is 12.1. The van der Waals surface area contributed by atoms with Crippen LogP contribution in [0.25, 0.3) is 0 Å². The monoisotopic (exact) mass is 437 g/mol. The van der Waals surface area contributed by atoms with Crippen LogP contribution in [0.15, 0.2) is 43.5 Å². The quantitative estimate of drug-likeness (QED) is 0.709. The maximum Gasteiger partial charge on any atom is 0.244 e. The molecule has 1 heterocycles. The number of hydrogen-bond donors (Lipinski definition) is 0. The minimum atomic E-state index is -3.47. The Kier molecular flexibility index (Phi) is 5.07. The van der Waals surface area contributed by atoms with Gasteiger partial charge in [-0.05, 0) is 40.5 Å². The Labute approximate surface area is 139 Å². The third kappa shape index (κ3) is 3.33. The molecule has 0 spiro atoms. The summed E-state index contributed by atoms with van der Waals surface area (Å²) >= 11 is 8.19. The Bertz CT molecular complexity index is 726. The van der Waals surface area contributed by atoms with E-state index in [2.05, 4.69) is 31.9 Å². The van der Waals surface area contributed by atoms with E-state index in [0.717, 1.165) is 18.7 Å². The van der Waals surface area contributed by atoms with Crippen LogP contribution < -0.4 is 0 Å². The van der Waals surface area contributed by atoms with E-state index in [9.17, 15) is 8.42 Å². The van der Waals surface area contributed by atoms with Crippen molar-refractivity contribution in [2.45, 2.75) is 18.4 Å². The van der Waals surface area contributed by atoms with Crippen LogP contribution in [0.5, 0.6) is 0 Å². The molecule has 108 valence electrons. The van der Waals surface area contributed by atoms with Crippen molar-refractivity contribution in [3.63, 3.8) is 0 Å². The van der Waals surface area contributed by atoms with Crippen LogP contribution in [-0.4, -0.2) is 19.8 Å². The predicted octanol–water partition coefficient (Wildman–Crippen LogP) is 4.40. The molecule has 0 bridgehead atoms. The van der Waals surface area contributed by atoms with Crippen LogP contribution >= 0.6 is 43.2 Å². The van der Waals surface area contributed by atoms with E-state index in [4.69, 9.17) is 0 Å². The predicted molar refractivity (Wildman–Crippen MR) is 89.6 cm³/mol. The number of hydrogen-bond acceptors (Lipinski definition) is 3. The number of aryl methyl sites for hydroxylation is 1. The summed E-state index contributed by atoms with van der Waals surface area (Å²) in [6.45, 7) is 2.14. The van der Waals surface area contributed by atoms with Crippen LogP contribution in [0.1, 0.15) is 10.4 Å². The van der Waals surface area contributed by atoms with Gasteiger partial charge in [-0.2, -0.15) is 4.31 Å². The molecule has 2 aromatic rings. The largest absolute Gasteiger partial charge is 0.244 e. The topological polar surface area (TPSA) is 37.4 Å². The fraction of sp³-hybridized carbons (Fsp3) is 0.231. The van der Waals surface area contributed by atoms with Crippen LogP contribution in [0.4, 0.5) is 0 Å². The Morgan fingerprint density at radius 3 is 2.45 bits per heavy atom. The SMILES string of the molecule is Cc1sc(Br)cc1S(=O)(=O)N(C)Cc1ccccc1Br. The standard InChI is InChI=1S/C13H13Br2NO2S2/c1-9-12(7-13(15)19-9)20(17,18)16(2)8-10-5-3-4-6-11(10)14/h3-7H,8H2,1-2H3. The summed E-state index contributed by atoms with van der Waals surface area (Å²) in [6, 6.07) is 9.27. The number of benzene rings is 1. The van der Waals surface area contributed by atoms with E-state index >= 15 is 0 Å². The van der Waals surface area contributed by atoms with Gasteiger partial charge in [0.25, 0.3) is 0 Å². The maximum atomic E-state index is 12.6. The summed E-state index contributed by atoms with van der Waals surface area (Å²) in [5.74, 6) is 0. The molecule has 0 radical (unpaired) electrons. The highest BCUT2D eigenvalue weighted by atomic mass is 79.9. The summed E-state index contributed by atoms with van der Waals surface area (Å²) in [7, 11) is -1.87. The Hall–Kier alpha value is -0.210. The fourth-order valence-corrected chi connectivity index (χ4v) is 5.74. The van der Waals surface area contributed by atoms with E-state index in [-0.39, 0.29) is 0 Å². The number of sulfonamides is 1. The molecule has 0 fully saturated rings. The van der Waals surface area contributed by atoms with E-state index in [1.165, 1.54) is 15.6 Å². The van der Waals surface area contributed by atoms with Crippen molar-refractivity contribution in [2.75, 3.05) is 7.05 Å². The Morgan fingerprint density at radius 1 is 1.25 bits per heavy atom. The first-order valence-electron chi connectivity index (χ1n) is 5.78. The third-order valence-corrected chi connectivity index (χ3v) is 7.27. The van der Waals surface area contributed by atoms with Crippen molar-refractivity contribution in [2.24, 2.45) is 0 Å². The third-order valence-electron chi connectivity index (χ3n) is 2.88. The van der Waals surface area contributed by atoms with Crippen LogP contribution in [0, 0.1) is 6.92 Å². The van der Waals surface area contributed by atoms with E-state index in [1.807, 2.05) is 31.2 Å². The minimum absolute atomic E-state index is 0.330. The van der Waals surface area contributed by atoms with Gasteiger partial charge in [0.1, 0.15) is 0 Å². The molecular weight excluding hydrogens is 426 g/mol. The molecule has 0 aliphatic heterocycles. The smallest absolute Gasteiger partial charge is 0.207 e. The molecule has 1 aromatic carbocycles. The second kappa shape index (κ2) is 6.27. The first kappa shape index (κ1) is 16.2. The zero-order valence-corrected chi connectivity index (χ0v) is 15.7. The van der Waals surface area contributed by atoms with Crippen molar-refractivity contribution >= 4 is 53.2 Å². The van der Waals surface area contributed by atoms with Crippen molar-refractivity contribution in [3.8, 4) is 0 Å². The van der Waals surface area contributed by atoms with E-state index in [0.29, 0.717) is 11.4 Å². The van der Waals surface area contributed by atoms with Crippen molar-refractivity contribution in [3.05, 3.63) is 49.0 Å². The van der Waals surface area contributed by atoms with Crippen molar-refractivity contribution < 1.29 is 8.42 Å². The average molecular weight is 439 g/mol. The van der Waals surface area contributed by atoms with Crippen LogP contribution in [0.3, 0.4) is 0 Å². The lowest BCUT2D eigenvalue weighted by Gasteiger charge is -2.17. The molecule has 0 aliphatic rings. The second-order valence-corrected chi connectivity index (χ2v) is 9.83. The van der Waals surface area contributed by atoms with Gasteiger partial charge in [0.2, 0.25) is 10.0 Å². The summed E-state index contributed by atoms with van der Waals surface area (Å²) in [6.07, 6.45) is 0. The molecule has 0 atom stereocenters. The lowest BCUT2D eigenvalue weighted by molar-refractivity contribution is 0.466. The molecule has 20 heavy (non-hydrogen) atoms. The summed E-state index contributed by atoms with van der Waals surface area (Å²) in [4.78, 5) is 1.15. The molecule has 0 saturated carbocycles. The van der Waals surface area contributed by atoms with Crippen LogP contribution in [-0.2, 0) is 16.6 Å². The molecule has 0 amide bonds. The van der Waals surface area contributed by atoms with Gasteiger partial charge in [-0.25, -0.2) is 8.42 Å². The minimum Gasteiger partial charge on any atom is -0.207 e. The highest BCUT2D eigenvalue weighted by molar-refractivity contribution is 9.11. The molecule has 7 heteroatoms. The average Bonchev–Trinajstić information content (AvgIpc) is 2.72. The lowest BCUT2D eigenvalue weighted by Crippen LogP contribution is -2.26. The Balaban J connectivity index is 2.31. The van der Waals surface area contributed by atoms with Crippen molar-refractivity contribution in [1.82, 2.24) is 4.31 Å². The summed E-state index contributed by atoms with van der Waals surface area (Å²) in [5.41, 5.74) is 0.936. The van der Waals surface area contributed by atoms with Gasteiger partial charge < -0.3 is 0 Å². The maximum absolute atomic E-state index is 12.6. The van der Waals surface area contributed by atoms with Gasteiger partial charge in [-0.3, -0.25) is 0 Å². The number of rotatable bonds is 4. The van der Waals surface area contributed by atoms with Gasteiger partial charge in [0, 0.05) is 22.9 Å². The summed E-state index contributed by atoms with van der Waals surface area (Å²) in [5, 5.41) is 0. The van der Waals surface area contributed by atoms with Gasteiger partial charge in [-0.1, -0.05) is 34.1 Å². The first-order chi connectivity index (χ1) is 9.32. The first-order valence-corrected chi connectivity index (χ1v) is 9.62. The van der Waals surface area contributed by atoms with E-state index in [1.54, 1.807) is 13.1 Å². The van der Waals surface area contributed by atoms with Gasteiger partial charge in [0.15, 0.2) is 0 Å². The number of thiophene rings is 1. The molecule has 2 rings (SSSR count). The highest BCUT2D eigenvalue weighted by Gasteiger charge is 2.25. The second-order valence-electron chi connectivity index (χ2n) is 4.32. The zero-order valence-electron chi connectivity index (χ0n) is 10.9. The molecule has 0 aliphatic carbocycles. The highest BCUT2D eigenvalue weighted by Crippen LogP contribution is 2.32. The Morgan fingerprint density at radius 2 is 1.90 bits per heavy atom. The molecule has 0 N–H and O–H groups in total. The number of halogens is 2. The molecule has 1 aromatic heterocycles. The van der Waals surface area contributed by atoms with Crippen LogP contribution in [0.2, 0.25) is 0 Å². The van der Waals surface area contributed by atoms with Gasteiger partial charge in [0.05, 0.1) is 8.68 Å². The molecule has 3 nitrogen and oxygen atoms in total. The molecule has 0 saturated heterocycles.